The largest absolute Gasteiger partial charge is 0.373 e. The summed E-state index contributed by atoms with van der Waals surface area (Å²) in [6, 6.07) is 10.4. The standard InChI is InChI=1S/C33H41N5O3/c1-19(2)38-15-21(4)31-28(32(39)35-14-29-20(3)10-22(5)36-33(29)40)11-26(12-30(31)38)25-8-9-27(34-13-25)18-37-16-23(6)41-24(7)17-37/h8-13,15,19,23-24H,14,16-18H2,1-7H3,(H,35,39)(H,36,40). The first-order chi connectivity index (χ1) is 19.5. The van der Waals surface area contributed by atoms with Crippen LogP contribution in [0.4, 0.5) is 0 Å². The van der Waals surface area contributed by atoms with Gasteiger partial charge < -0.3 is 19.6 Å². The fraction of sp³-hybridized carbons (Fsp3) is 0.424. The van der Waals surface area contributed by atoms with E-state index in [1.54, 1.807) is 0 Å². The highest BCUT2D eigenvalue weighted by Crippen LogP contribution is 2.33. The van der Waals surface area contributed by atoms with Crippen molar-refractivity contribution in [3.05, 3.63) is 86.7 Å². The van der Waals surface area contributed by atoms with E-state index in [2.05, 4.69) is 71.9 Å². The van der Waals surface area contributed by atoms with Crippen LogP contribution >= 0.6 is 0 Å². The molecule has 4 heterocycles. The third kappa shape index (κ3) is 6.14. The Morgan fingerprint density at radius 2 is 1.80 bits per heavy atom. The molecule has 0 bridgehead atoms. The van der Waals surface area contributed by atoms with Gasteiger partial charge in [0.1, 0.15) is 0 Å². The molecule has 1 aliphatic heterocycles. The number of ether oxygens (including phenoxy) is 1. The number of fused-ring (bicyclic) bond motifs is 1. The Bertz CT molecular complexity index is 1620. The van der Waals surface area contributed by atoms with Crippen LogP contribution in [-0.2, 0) is 17.8 Å². The number of pyridine rings is 2. The van der Waals surface area contributed by atoms with Gasteiger partial charge in [-0.1, -0.05) is 6.07 Å². The molecule has 3 aromatic heterocycles. The third-order valence-corrected chi connectivity index (χ3v) is 7.88. The van der Waals surface area contributed by atoms with Crippen molar-refractivity contribution in [2.45, 2.75) is 79.8 Å². The van der Waals surface area contributed by atoms with Crippen LogP contribution in [0.3, 0.4) is 0 Å². The minimum Gasteiger partial charge on any atom is -0.373 e. The van der Waals surface area contributed by atoms with Crippen molar-refractivity contribution >= 4 is 16.8 Å². The second kappa shape index (κ2) is 11.6. The summed E-state index contributed by atoms with van der Waals surface area (Å²) in [5, 5.41) is 3.94. The average molecular weight is 556 g/mol. The number of aryl methyl sites for hydroxylation is 3. The number of hydrogen-bond donors (Lipinski definition) is 2. The van der Waals surface area contributed by atoms with E-state index in [1.165, 1.54) is 0 Å². The lowest BCUT2D eigenvalue weighted by Crippen LogP contribution is -2.44. The summed E-state index contributed by atoms with van der Waals surface area (Å²) >= 11 is 0. The predicted molar refractivity (Wildman–Crippen MR) is 163 cm³/mol. The van der Waals surface area contributed by atoms with Gasteiger partial charge in [0.15, 0.2) is 0 Å². The molecule has 41 heavy (non-hydrogen) atoms. The van der Waals surface area contributed by atoms with Gasteiger partial charge in [-0.2, -0.15) is 0 Å². The number of nitrogens with zero attached hydrogens (tertiary/aromatic N) is 3. The van der Waals surface area contributed by atoms with E-state index in [0.29, 0.717) is 11.1 Å². The quantitative estimate of drug-likeness (QED) is 0.317. The van der Waals surface area contributed by atoms with Gasteiger partial charge in [0.05, 0.1) is 17.9 Å². The smallest absolute Gasteiger partial charge is 0.253 e. The number of morpholine rings is 1. The van der Waals surface area contributed by atoms with Crippen molar-refractivity contribution in [2.24, 2.45) is 0 Å². The molecular weight excluding hydrogens is 514 g/mol. The summed E-state index contributed by atoms with van der Waals surface area (Å²) in [7, 11) is 0. The van der Waals surface area contributed by atoms with Gasteiger partial charge in [0.25, 0.3) is 11.5 Å². The molecule has 2 unspecified atom stereocenters. The molecule has 8 heteroatoms. The molecule has 1 fully saturated rings. The molecule has 0 radical (unpaired) electrons. The summed E-state index contributed by atoms with van der Waals surface area (Å²) in [4.78, 5) is 36.3. The molecule has 4 aromatic rings. The Hall–Kier alpha value is -3.75. The van der Waals surface area contributed by atoms with Crippen LogP contribution < -0.4 is 10.9 Å². The summed E-state index contributed by atoms with van der Waals surface area (Å²) in [5.74, 6) is -0.207. The first-order valence-corrected chi connectivity index (χ1v) is 14.5. The second-order valence-electron chi connectivity index (χ2n) is 11.8. The summed E-state index contributed by atoms with van der Waals surface area (Å²) in [6.45, 7) is 17.0. The van der Waals surface area contributed by atoms with Crippen LogP contribution in [0.5, 0.6) is 0 Å². The minimum absolute atomic E-state index is 0.158. The van der Waals surface area contributed by atoms with Crippen molar-refractivity contribution < 1.29 is 9.53 Å². The fourth-order valence-corrected chi connectivity index (χ4v) is 6.06. The van der Waals surface area contributed by atoms with Crippen LogP contribution in [0.25, 0.3) is 22.0 Å². The van der Waals surface area contributed by atoms with Crippen molar-refractivity contribution in [3.8, 4) is 11.1 Å². The Balaban J connectivity index is 1.47. The number of carbonyl (C=O) groups excluding carboxylic acids is 1. The van der Waals surface area contributed by atoms with Crippen LogP contribution in [-0.4, -0.2) is 50.6 Å². The molecule has 1 saturated heterocycles. The first kappa shape index (κ1) is 28.8. The van der Waals surface area contributed by atoms with E-state index in [0.717, 1.165) is 64.2 Å². The normalized spacial score (nSPS) is 17.9. The maximum atomic E-state index is 13.7. The highest BCUT2D eigenvalue weighted by molar-refractivity contribution is 6.09. The molecule has 8 nitrogen and oxygen atoms in total. The Morgan fingerprint density at radius 3 is 2.44 bits per heavy atom. The van der Waals surface area contributed by atoms with E-state index in [9.17, 15) is 9.59 Å². The molecule has 216 valence electrons. The van der Waals surface area contributed by atoms with Crippen LogP contribution in [0, 0.1) is 20.8 Å². The zero-order valence-electron chi connectivity index (χ0n) is 25.2. The number of rotatable bonds is 7. The van der Waals surface area contributed by atoms with Gasteiger partial charge in [-0.05, 0) is 89.4 Å². The van der Waals surface area contributed by atoms with Gasteiger partial charge in [-0.3, -0.25) is 19.5 Å². The molecule has 0 aliphatic carbocycles. The molecule has 1 aromatic carbocycles. The number of nitrogens with one attached hydrogen (secondary N) is 2. The number of hydrogen-bond acceptors (Lipinski definition) is 5. The number of benzene rings is 1. The number of carbonyl (C=O) groups is 1. The third-order valence-electron chi connectivity index (χ3n) is 7.88. The van der Waals surface area contributed by atoms with Gasteiger partial charge in [-0.15, -0.1) is 0 Å². The van der Waals surface area contributed by atoms with Gasteiger partial charge >= 0.3 is 0 Å². The van der Waals surface area contributed by atoms with Crippen molar-refractivity contribution in [2.75, 3.05) is 13.1 Å². The molecule has 0 spiro atoms. The average Bonchev–Trinajstić information content (AvgIpc) is 3.24. The number of H-pyrrole nitrogens is 1. The van der Waals surface area contributed by atoms with Crippen LogP contribution in [0.15, 0.2) is 47.5 Å². The SMILES string of the molecule is Cc1cc(C)c(CNC(=O)c2cc(-c3ccc(CN4CC(C)OC(C)C4)nc3)cc3c2c(C)cn3C(C)C)c(=O)[nH]1. The van der Waals surface area contributed by atoms with Gasteiger partial charge in [-0.25, -0.2) is 0 Å². The van der Waals surface area contributed by atoms with Crippen molar-refractivity contribution in [3.63, 3.8) is 0 Å². The number of amides is 1. The molecular formula is C33H41N5O3. The number of aromatic amines is 1. The monoisotopic (exact) mass is 555 g/mol. The summed E-state index contributed by atoms with van der Waals surface area (Å²) in [6.07, 6.45) is 4.43. The number of aromatic nitrogens is 3. The van der Waals surface area contributed by atoms with Crippen molar-refractivity contribution in [1.82, 2.24) is 24.8 Å². The van der Waals surface area contributed by atoms with Crippen LogP contribution in [0.2, 0.25) is 0 Å². The molecule has 1 amide bonds. The topological polar surface area (TPSA) is 92.2 Å². The van der Waals surface area contributed by atoms with E-state index >= 15 is 0 Å². The lowest BCUT2D eigenvalue weighted by Gasteiger charge is -2.35. The van der Waals surface area contributed by atoms with E-state index in [4.69, 9.17) is 9.72 Å². The van der Waals surface area contributed by atoms with Crippen LogP contribution in [0.1, 0.15) is 72.2 Å². The molecule has 0 saturated carbocycles. The molecule has 5 rings (SSSR count). The summed E-state index contributed by atoms with van der Waals surface area (Å²) < 4.78 is 8.08. The molecule has 2 atom stereocenters. The fourth-order valence-electron chi connectivity index (χ4n) is 6.06. The highest BCUT2D eigenvalue weighted by atomic mass is 16.5. The zero-order valence-corrected chi connectivity index (χ0v) is 25.2. The molecule has 2 N–H and O–H groups in total. The lowest BCUT2D eigenvalue weighted by atomic mass is 9.98. The lowest BCUT2D eigenvalue weighted by molar-refractivity contribution is -0.0707. The van der Waals surface area contributed by atoms with Gasteiger partial charge in [0, 0.05) is 77.9 Å². The Kier molecular flexibility index (Phi) is 8.16. The van der Waals surface area contributed by atoms with Gasteiger partial charge in [0.2, 0.25) is 0 Å². The second-order valence-corrected chi connectivity index (χ2v) is 11.8. The first-order valence-electron chi connectivity index (χ1n) is 14.5. The van der Waals surface area contributed by atoms with Crippen molar-refractivity contribution in [1.29, 1.82) is 0 Å². The minimum atomic E-state index is -0.207. The Morgan fingerprint density at radius 1 is 1.07 bits per heavy atom. The Labute approximate surface area is 241 Å². The maximum Gasteiger partial charge on any atom is 0.253 e. The van der Waals surface area contributed by atoms with E-state index < -0.39 is 0 Å². The maximum absolute atomic E-state index is 13.7. The van der Waals surface area contributed by atoms with E-state index in [1.807, 2.05) is 39.1 Å². The van der Waals surface area contributed by atoms with E-state index in [-0.39, 0.29) is 36.3 Å². The zero-order chi connectivity index (χ0) is 29.4. The summed E-state index contributed by atoms with van der Waals surface area (Å²) in [5.41, 5.74) is 7.59. The predicted octanol–water partition coefficient (Wildman–Crippen LogP) is 5.44. The highest BCUT2D eigenvalue weighted by Gasteiger charge is 2.23. The molecule has 1 aliphatic rings.